The molecule has 0 aromatic carbocycles. The lowest BCUT2D eigenvalue weighted by atomic mass is 9.51. The first-order chi connectivity index (χ1) is 14.5. The Morgan fingerprint density at radius 2 is 1.94 bits per heavy atom. The number of esters is 2. The Hall–Kier alpha value is -2.24. The van der Waals surface area contributed by atoms with Crippen molar-refractivity contribution < 1.29 is 28.2 Å². The first-order valence-corrected chi connectivity index (χ1v) is 11.1. The third-order valence-electron chi connectivity index (χ3n) is 8.53. The van der Waals surface area contributed by atoms with Gasteiger partial charge < -0.3 is 9.47 Å². The topological polar surface area (TPSA) is 69.7 Å². The van der Waals surface area contributed by atoms with E-state index in [1.165, 1.54) is 19.3 Å². The zero-order chi connectivity index (χ0) is 22.8. The molecule has 2 saturated carbocycles. The number of alkyl halides is 1. The van der Waals surface area contributed by atoms with Gasteiger partial charge in [0.1, 0.15) is 6.17 Å². The Kier molecular flexibility index (Phi) is 5.06. The maximum Gasteiger partial charge on any atom is 0.351 e. The molecule has 0 spiro atoms. The van der Waals surface area contributed by atoms with E-state index in [1.54, 1.807) is 6.92 Å². The van der Waals surface area contributed by atoms with Crippen LogP contribution in [0.5, 0.6) is 0 Å². The number of carbonyl (C=O) groups excluding carboxylic acids is 3. The summed E-state index contributed by atoms with van der Waals surface area (Å²) in [6, 6.07) is 0. The molecule has 4 aliphatic carbocycles. The van der Waals surface area contributed by atoms with E-state index < -0.39 is 34.5 Å². The molecule has 4 rings (SSSR count). The molecular formula is C25H31FO5. The van der Waals surface area contributed by atoms with Gasteiger partial charge in [0.15, 0.2) is 5.78 Å². The molecule has 0 unspecified atom stereocenters. The van der Waals surface area contributed by atoms with Crippen LogP contribution in [0, 0.1) is 28.6 Å². The van der Waals surface area contributed by atoms with E-state index in [9.17, 15) is 14.4 Å². The van der Waals surface area contributed by atoms with Gasteiger partial charge in [0.05, 0.1) is 7.11 Å². The van der Waals surface area contributed by atoms with Gasteiger partial charge in [0, 0.05) is 23.2 Å². The maximum atomic E-state index is 15.4. The number of allylic oxidation sites excluding steroid dienone is 6. The highest BCUT2D eigenvalue weighted by molar-refractivity contribution is 6.01. The molecule has 2 fully saturated rings. The van der Waals surface area contributed by atoms with Gasteiger partial charge in [0.25, 0.3) is 0 Å². The number of ketones is 1. The Morgan fingerprint density at radius 1 is 1.23 bits per heavy atom. The number of hydrogen-bond donors (Lipinski definition) is 0. The summed E-state index contributed by atoms with van der Waals surface area (Å²) < 4.78 is 26.5. The van der Waals surface area contributed by atoms with Crippen LogP contribution in [-0.4, -0.2) is 36.6 Å². The van der Waals surface area contributed by atoms with E-state index >= 15 is 4.39 Å². The van der Waals surface area contributed by atoms with Crippen LogP contribution in [-0.2, 0) is 23.9 Å². The summed E-state index contributed by atoms with van der Waals surface area (Å²) >= 11 is 0. The second-order valence-corrected chi connectivity index (χ2v) is 9.93. The lowest BCUT2D eigenvalue weighted by Crippen LogP contribution is -2.59. The van der Waals surface area contributed by atoms with E-state index in [4.69, 9.17) is 9.47 Å². The number of carbonyl (C=O) groups is 3. The van der Waals surface area contributed by atoms with Crippen molar-refractivity contribution in [2.75, 3.05) is 7.11 Å². The van der Waals surface area contributed by atoms with Gasteiger partial charge in [0.2, 0.25) is 5.60 Å². The molecule has 6 heteroatoms. The molecule has 31 heavy (non-hydrogen) atoms. The summed E-state index contributed by atoms with van der Waals surface area (Å²) in [6.07, 6.45) is 7.22. The SMILES string of the molecule is CCC(=O)O[C@]1(C(=O)OC)[C@@H](C)C[C@H]2[C@@H]3C[C@H](F)C4=CC(=O)C=C[C@]4(C)C3=CC[C@@]21C. The van der Waals surface area contributed by atoms with Crippen molar-refractivity contribution in [1.82, 2.24) is 0 Å². The van der Waals surface area contributed by atoms with Crippen molar-refractivity contribution in [3.8, 4) is 0 Å². The normalized spacial score (nSPS) is 43.2. The molecule has 168 valence electrons. The monoisotopic (exact) mass is 430 g/mol. The molecule has 0 bridgehead atoms. The van der Waals surface area contributed by atoms with Gasteiger partial charge >= 0.3 is 11.9 Å². The fourth-order valence-corrected chi connectivity index (χ4v) is 6.96. The molecule has 0 radical (unpaired) electrons. The second-order valence-electron chi connectivity index (χ2n) is 9.93. The highest BCUT2D eigenvalue weighted by Crippen LogP contribution is 2.67. The smallest absolute Gasteiger partial charge is 0.351 e. The van der Waals surface area contributed by atoms with Crippen LogP contribution in [0.4, 0.5) is 4.39 Å². The van der Waals surface area contributed by atoms with Crippen LogP contribution in [0.3, 0.4) is 0 Å². The van der Waals surface area contributed by atoms with Gasteiger partial charge in [-0.2, -0.15) is 0 Å². The van der Waals surface area contributed by atoms with Gasteiger partial charge in [-0.05, 0) is 55.7 Å². The molecule has 0 N–H and O–H groups in total. The molecule has 7 atom stereocenters. The average Bonchev–Trinajstić information content (AvgIpc) is 2.96. The van der Waals surface area contributed by atoms with Gasteiger partial charge in [-0.15, -0.1) is 0 Å². The van der Waals surface area contributed by atoms with E-state index in [1.807, 2.05) is 26.8 Å². The van der Waals surface area contributed by atoms with Crippen molar-refractivity contribution in [1.29, 1.82) is 0 Å². The van der Waals surface area contributed by atoms with Crippen LogP contribution in [0.1, 0.15) is 53.4 Å². The highest BCUT2D eigenvalue weighted by atomic mass is 19.1. The predicted octanol–water partition coefficient (Wildman–Crippen LogP) is 4.27. The average molecular weight is 431 g/mol. The highest BCUT2D eigenvalue weighted by Gasteiger charge is 2.71. The number of ether oxygens (including phenoxy) is 2. The number of methoxy groups -OCH3 is 1. The van der Waals surface area contributed by atoms with Crippen LogP contribution in [0.25, 0.3) is 0 Å². The van der Waals surface area contributed by atoms with Crippen molar-refractivity contribution in [2.24, 2.45) is 28.6 Å². The van der Waals surface area contributed by atoms with Crippen LogP contribution >= 0.6 is 0 Å². The zero-order valence-electron chi connectivity index (χ0n) is 18.9. The number of hydrogen-bond acceptors (Lipinski definition) is 5. The van der Waals surface area contributed by atoms with Crippen molar-refractivity contribution in [3.05, 3.63) is 35.5 Å². The molecule has 5 nitrogen and oxygen atoms in total. The molecule has 0 saturated heterocycles. The molecule has 0 aromatic heterocycles. The minimum absolute atomic E-state index is 0.0473. The van der Waals surface area contributed by atoms with E-state index in [0.29, 0.717) is 18.4 Å². The Bertz CT molecular complexity index is 932. The van der Waals surface area contributed by atoms with Crippen LogP contribution in [0.15, 0.2) is 35.5 Å². The number of rotatable bonds is 3. The van der Waals surface area contributed by atoms with Crippen LogP contribution in [0.2, 0.25) is 0 Å². The largest absolute Gasteiger partial charge is 0.466 e. The zero-order valence-corrected chi connectivity index (χ0v) is 18.9. The van der Waals surface area contributed by atoms with Crippen molar-refractivity contribution in [3.63, 3.8) is 0 Å². The third kappa shape index (κ3) is 2.76. The molecular weight excluding hydrogens is 399 g/mol. The van der Waals surface area contributed by atoms with E-state index in [-0.39, 0.29) is 36.4 Å². The third-order valence-corrected chi connectivity index (χ3v) is 8.53. The fraction of sp³-hybridized carbons (Fsp3) is 0.640. The standard InChI is InChI=1S/C25H31FO5/c1-6-21(28)31-25(22(29)30-5)14(2)11-18-16-13-20(26)19-12-15(27)7-9-23(19,3)17(16)8-10-24(18,25)4/h7-9,12,14,16,18,20H,6,10-11,13H2,1-5H3/t14-,16+,18-,20-,23+,24-,25-/m0/s1. The first-order valence-electron chi connectivity index (χ1n) is 11.1. The van der Waals surface area contributed by atoms with Gasteiger partial charge in [-0.25, -0.2) is 9.18 Å². The first kappa shape index (κ1) is 22.0. The Morgan fingerprint density at radius 3 is 2.58 bits per heavy atom. The fourth-order valence-electron chi connectivity index (χ4n) is 6.96. The maximum absolute atomic E-state index is 15.4. The molecule has 0 aromatic rings. The summed E-state index contributed by atoms with van der Waals surface area (Å²) in [6.45, 7) is 7.57. The molecule has 4 aliphatic rings. The predicted molar refractivity (Wildman–Crippen MR) is 113 cm³/mol. The molecule has 0 heterocycles. The summed E-state index contributed by atoms with van der Waals surface area (Å²) in [5.74, 6) is -1.57. The quantitative estimate of drug-likeness (QED) is 0.494. The summed E-state index contributed by atoms with van der Waals surface area (Å²) in [5.41, 5.74) is -1.12. The van der Waals surface area contributed by atoms with E-state index in [2.05, 4.69) is 6.08 Å². The second kappa shape index (κ2) is 7.14. The summed E-state index contributed by atoms with van der Waals surface area (Å²) in [4.78, 5) is 37.5. The van der Waals surface area contributed by atoms with Crippen LogP contribution < -0.4 is 0 Å². The van der Waals surface area contributed by atoms with Gasteiger partial charge in [-0.3, -0.25) is 9.59 Å². The van der Waals surface area contributed by atoms with Gasteiger partial charge in [-0.1, -0.05) is 38.5 Å². The number of fused-ring (bicyclic) bond motifs is 5. The van der Waals surface area contributed by atoms with Crippen molar-refractivity contribution in [2.45, 2.75) is 65.2 Å². The lowest BCUT2D eigenvalue weighted by Gasteiger charge is -2.54. The molecule has 0 amide bonds. The summed E-state index contributed by atoms with van der Waals surface area (Å²) in [7, 11) is 1.32. The minimum Gasteiger partial charge on any atom is -0.466 e. The molecule has 0 aliphatic heterocycles. The minimum atomic E-state index is -1.40. The number of halogens is 1. The Balaban J connectivity index is 1.84. The lowest BCUT2D eigenvalue weighted by molar-refractivity contribution is -0.203. The van der Waals surface area contributed by atoms with Crippen molar-refractivity contribution >= 4 is 17.7 Å². The van der Waals surface area contributed by atoms with E-state index in [0.717, 1.165) is 5.57 Å². The summed E-state index contributed by atoms with van der Waals surface area (Å²) in [5, 5.41) is 0. The Labute approximate surface area is 182 Å².